The Morgan fingerprint density at radius 3 is 2.33 bits per heavy atom. The average Bonchev–Trinajstić information content (AvgIpc) is 2.38. The van der Waals surface area contributed by atoms with Gasteiger partial charge in [-0.05, 0) is 36.8 Å². The van der Waals surface area contributed by atoms with E-state index in [4.69, 9.17) is 11.6 Å². The van der Waals surface area contributed by atoms with E-state index in [0.29, 0.717) is 17.2 Å². The molecule has 1 heterocycles. The first kappa shape index (κ1) is 13.8. The molecule has 2 aromatic carbocycles. The zero-order valence-corrected chi connectivity index (χ0v) is 11.5. The molecule has 106 valence electrons. The first-order valence-corrected chi connectivity index (χ1v) is 6.42. The fraction of sp³-hybridized carbons (Fsp3) is 0.0667. The lowest BCUT2D eigenvalue weighted by Crippen LogP contribution is -1.96. The monoisotopic (exact) mass is 308 g/mol. The Morgan fingerprint density at radius 1 is 0.905 bits per heavy atom. The van der Waals surface area contributed by atoms with Crippen molar-refractivity contribution in [3.8, 4) is 11.4 Å². The Morgan fingerprint density at radius 2 is 1.62 bits per heavy atom. The summed E-state index contributed by atoms with van der Waals surface area (Å²) in [5.74, 6) is -1.98. The van der Waals surface area contributed by atoms with Gasteiger partial charge < -0.3 is 0 Å². The molecule has 3 aromatic rings. The van der Waals surface area contributed by atoms with Crippen LogP contribution in [0.2, 0.25) is 5.15 Å². The van der Waals surface area contributed by atoms with Gasteiger partial charge in [0, 0.05) is 17.0 Å². The van der Waals surface area contributed by atoms with Gasteiger partial charge in [-0.25, -0.2) is 23.1 Å². The van der Waals surface area contributed by atoms with Crippen LogP contribution in [0, 0.1) is 24.4 Å². The second-order valence-electron chi connectivity index (χ2n) is 4.64. The normalized spacial score (nSPS) is 11.1. The molecule has 0 aliphatic carbocycles. The van der Waals surface area contributed by atoms with Gasteiger partial charge >= 0.3 is 0 Å². The van der Waals surface area contributed by atoms with E-state index in [0.717, 1.165) is 6.07 Å². The number of halogens is 4. The van der Waals surface area contributed by atoms with Crippen molar-refractivity contribution < 1.29 is 13.2 Å². The second kappa shape index (κ2) is 5.00. The highest BCUT2D eigenvalue weighted by Crippen LogP contribution is 2.28. The maximum absolute atomic E-state index is 13.8. The van der Waals surface area contributed by atoms with Crippen LogP contribution in [0.4, 0.5) is 13.2 Å². The molecule has 1 aromatic heterocycles. The maximum atomic E-state index is 13.8. The largest absolute Gasteiger partial charge is 0.225 e. The highest BCUT2D eigenvalue weighted by molar-refractivity contribution is 6.34. The highest BCUT2D eigenvalue weighted by Gasteiger charge is 2.13. The van der Waals surface area contributed by atoms with E-state index in [9.17, 15) is 13.2 Å². The molecule has 0 amide bonds. The number of fused-ring (bicyclic) bond motifs is 1. The van der Waals surface area contributed by atoms with Gasteiger partial charge in [0.2, 0.25) is 0 Å². The summed E-state index contributed by atoms with van der Waals surface area (Å²) < 4.78 is 40.5. The van der Waals surface area contributed by atoms with Gasteiger partial charge in [-0.3, -0.25) is 0 Å². The molecule has 0 fully saturated rings. The third-order valence-corrected chi connectivity index (χ3v) is 3.26. The number of rotatable bonds is 1. The fourth-order valence-electron chi connectivity index (χ4n) is 2.12. The summed E-state index contributed by atoms with van der Waals surface area (Å²) in [5, 5.41) is -0.0126. The standard InChI is InChI=1S/C15H8ClF3N2/c1-7-2-8(4-9(17)3-7)15-20-13-11(14(16)21-15)5-10(18)6-12(13)19/h2-6H,1H3. The first-order chi connectivity index (χ1) is 9.94. The van der Waals surface area contributed by atoms with E-state index >= 15 is 0 Å². The summed E-state index contributed by atoms with van der Waals surface area (Å²) in [6.45, 7) is 1.71. The zero-order valence-electron chi connectivity index (χ0n) is 10.8. The third-order valence-electron chi connectivity index (χ3n) is 2.97. The Bertz CT molecular complexity index is 845. The number of nitrogens with zero attached hydrogens (tertiary/aromatic N) is 2. The van der Waals surface area contributed by atoms with E-state index in [2.05, 4.69) is 9.97 Å². The van der Waals surface area contributed by atoms with Gasteiger partial charge in [-0.2, -0.15) is 0 Å². The molecule has 3 rings (SSSR count). The van der Waals surface area contributed by atoms with E-state index in [-0.39, 0.29) is 21.9 Å². The predicted molar refractivity (Wildman–Crippen MR) is 74.6 cm³/mol. The van der Waals surface area contributed by atoms with Gasteiger partial charge in [0.1, 0.15) is 22.3 Å². The molecule has 2 nitrogen and oxygen atoms in total. The summed E-state index contributed by atoms with van der Waals surface area (Å²) in [7, 11) is 0. The Labute approximate surface area is 123 Å². The molecule has 6 heteroatoms. The Balaban J connectivity index is 2.30. The van der Waals surface area contributed by atoms with E-state index < -0.39 is 17.5 Å². The average molecular weight is 309 g/mol. The smallest absolute Gasteiger partial charge is 0.161 e. The van der Waals surface area contributed by atoms with E-state index in [1.807, 2.05) is 0 Å². The van der Waals surface area contributed by atoms with Gasteiger partial charge in [0.25, 0.3) is 0 Å². The Kier molecular flexibility index (Phi) is 3.29. The van der Waals surface area contributed by atoms with Crippen molar-refractivity contribution in [2.45, 2.75) is 6.92 Å². The van der Waals surface area contributed by atoms with E-state index in [1.165, 1.54) is 12.1 Å². The number of hydrogen-bond donors (Lipinski definition) is 0. The first-order valence-electron chi connectivity index (χ1n) is 6.04. The van der Waals surface area contributed by atoms with Crippen LogP contribution in [-0.4, -0.2) is 9.97 Å². The molecule has 0 N–H and O–H groups in total. The third kappa shape index (κ3) is 2.56. The van der Waals surface area contributed by atoms with Crippen LogP contribution in [0.5, 0.6) is 0 Å². The van der Waals surface area contributed by atoms with Crippen LogP contribution < -0.4 is 0 Å². The van der Waals surface area contributed by atoms with Gasteiger partial charge in [0.15, 0.2) is 11.6 Å². The van der Waals surface area contributed by atoms with Crippen molar-refractivity contribution in [3.63, 3.8) is 0 Å². The molecule has 0 spiro atoms. The molecule has 0 saturated heterocycles. The summed E-state index contributed by atoms with van der Waals surface area (Å²) in [5.41, 5.74) is 0.942. The summed E-state index contributed by atoms with van der Waals surface area (Å²) in [6.07, 6.45) is 0. The minimum atomic E-state index is -0.844. The van der Waals surface area contributed by atoms with Crippen molar-refractivity contribution in [2.24, 2.45) is 0 Å². The second-order valence-corrected chi connectivity index (χ2v) is 5.00. The SMILES string of the molecule is Cc1cc(F)cc(-c2nc(Cl)c3cc(F)cc(F)c3n2)c1. The van der Waals surface area contributed by atoms with Crippen LogP contribution >= 0.6 is 11.6 Å². The summed E-state index contributed by atoms with van der Waals surface area (Å²) >= 11 is 5.96. The fourth-order valence-corrected chi connectivity index (χ4v) is 2.34. The lowest BCUT2D eigenvalue weighted by Gasteiger charge is -2.07. The molecule has 0 bridgehead atoms. The molecule has 0 atom stereocenters. The Hall–Kier alpha value is -2.14. The van der Waals surface area contributed by atoms with Crippen molar-refractivity contribution in [2.75, 3.05) is 0 Å². The highest BCUT2D eigenvalue weighted by atomic mass is 35.5. The zero-order chi connectivity index (χ0) is 15.1. The van der Waals surface area contributed by atoms with Crippen LogP contribution in [-0.2, 0) is 0 Å². The van der Waals surface area contributed by atoms with Crippen molar-refractivity contribution in [1.29, 1.82) is 0 Å². The number of hydrogen-bond acceptors (Lipinski definition) is 2. The maximum Gasteiger partial charge on any atom is 0.161 e. The van der Waals surface area contributed by atoms with Crippen molar-refractivity contribution >= 4 is 22.5 Å². The quantitative estimate of drug-likeness (QED) is 0.610. The minimum absolute atomic E-state index is 0.0750. The van der Waals surface area contributed by atoms with Gasteiger partial charge in [-0.1, -0.05) is 11.6 Å². The predicted octanol–water partition coefficient (Wildman–Crippen LogP) is 4.68. The number of aromatic nitrogens is 2. The van der Waals surface area contributed by atoms with Crippen LogP contribution in [0.1, 0.15) is 5.56 Å². The molecule has 0 unspecified atom stereocenters. The lowest BCUT2D eigenvalue weighted by molar-refractivity contribution is 0.590. The minimum Gasteiger partial charge on any atom is -0.225 e. The molecular formula is C15H8ClF3N2. The van der Waals surface area contributed by atoms with Crippen LogP contribution in [0.3, 0.4) is 0 Å². The van der Waals surface area contributed by atoms with Crippen molar-refractivity contribution in [3.05, 3.63) is 58.5 Å². The molecule has 0 saturated carbocycles. The molecular weight excluding hydrogens is 301 g/mol. The van der Waals surface area contributed by atoms with Gasteiger partial charge in [0.05, 0.1) is 0 Å². The summed E-state index contributed by atoms with van der Waals surface area (Å²) in [6, 6.07) is 6.00. The van der Waals surface area contributed by atoms with Gasteiger partial charge in [-0.15, -0.1) is 0 Å². The van der Waals surface area contributed by atoms with Crippen LogP contribution in [0.25, 0.3) is 22.3 Å². The lowest BCUT2D eigenvalue weighted by atomic mass is 10.1. The summed E-state index contributed by atoms with van der Waals surface area (Å²) in [4.78, 5) is 8.02. The molecule has 0 aliphatic rings. The van der Waals surface area contributed by atoms with E-state index in [1.54, 1.807) is 13.0 Å². The number of aryl methyl sites for hydroxylation is 1. The molecule has 21 heavy (non-hydrogen) atoms. The molecule has 0 radical (unpaired) electrons. The van der Waals surface area contributed by atoms with Crippen LogP contribution in [0.15, 0.2) is 30.3 Å². The molecule has 0 aliphatic heterocycles. The number of benzene rings is 2. The van der Waals surface area contributed by atoms with Crippen molar-refractivity contribution in [1.82, 2.24) is 9.97 Å². The topological polar surface area (TPSA) is 25.8 Å².